The number of hydrogen-bond donors (Lipinski definition) is 1. The van der Waals surface area contributed by atoms with Crippen molar-refractivity contribution >= 4 is 15.7 Å². The second-order valence-electron chi connectivity index (χ2n) is 5.78. The van der Waals surface area contributed by atoms with Gasteiger partial charge in [0.2, 0.25) is 0 Å². The highest BCUT2D eigenvalue weighted by Crippen LogP contribution is 2.30. The molecule has 2 aromatic rings. The first-order valence-corrected chi connectivity index (χ1v) is 9.61. The largest absolute Gasteiger partial charge is 0.496 e. The molecule has 0 amide bonds. The van der Waals surface area contributed by atoms with Gasteiger partial charge in [0.25, 0.3) is 10.0 Å². The molecular formula is C19H25NO3S. The molecule has 1 N–H and O–H groups in total. The minimum absolute atomic E-state index is 0.286. The molecule has 4 nitrogen and oxygen atoms in total. The van der Waals surface area contributed by atoms with Gasteiger partial charge in [-0.2, -0.15) is 0 Å². The summed E-state index contributed by atoms with van der Waals surface area (Å²) in [5.41, 5.74) is 4.24. The average molecular weight is 347 g/mol. The first-order valence-electron chi connectivity index (χ1n) is 8.13. The van der Waals surface area contributed by atoms with Crippen molar-refractivity contribution in [2.75, 3.05) is 11.8 Å². The zero-order valence-corrected chi connectivity index (χ0v) is 15.8. The lowest BCUT2D eigenvalue weighted by Gasteiger charge is -2.18. The van der Waals surface area contributed by atoms with E-state index >= 15 is 0 Å². The summed E-state index contributed by atoms with van der Waals surface area (Å²) in [5.74, 6) is 0.689. The Balaban J connectivity index is 2.53. The topological polar surface area (TPSA) is 55.4 Å². The third-order valence-electron chi connectivity index (χ3n) is 4.43. The van der Waals surface area contributed by atoms with E-state index in [1.54, 1.807) is 26.2 Å². The molecule has 0 aliphatic heterocycles. The van der Waals surface area contributed by atoms with Gasteiger partial charge in [-0.3, -0.25) is 4.72 Å². The monoisotopic (exact) mass is 347 g/mol. The van der Waals surface area contributed by atoms with Crippen LogP contribution >= 0.6 is 0 Å². The summed E-state index contributed by atoms with van der Waals surface area (Å²) in [7, 11) is -2.08. The maximum Gasteiger partial charge on any atom is 0.262 e. The smallest absolute Gasteiger partial charge is 0.262 e. The fourth-order valence-electron chi connectivity index (χ4n) is 2.85. The van der Waals surface area contributed by atoms with Crippen LogP contribution in [0.3, 0.4) is 0 Å². The summed E-state index contributed by atoms with van der Waals surface area (Å²) in [6.45, 7) is 7.72. The van der Waals surface area contributed by atoms with Gasteiger partial charge in [0.15, 0.2) is 0 Å². The second kappa shape index (κ2) is 7.26. The predicted molar refractivity (Wildman–Crippen MR) is 98.5 cm³/mol. The molecule has 0 unspecified atom stereocenters. The van der Waals surface area contributed by atoms with E-state index in [4.69, 9.17) is 4.74 Å². The van der Waals surface area contributed by atoms with Crippen LogP contribution in [-0.4, -0.2) is 15.5 Å². The van der Waals surface area contributed by atoms with Gasteiger partial charge >= 0.3 is 0 Å². The lowest BCUT2D eigenvalue weighted by atomic mass is 10.0. The number of hydrogen-bond acceptors (Lipinski definition) is 3. The van der Waals surface area contributed by atoms with Gasteiger partial charge < -0.3 is 4.74 Å². The Bertz CT molecular complexity index is 820. The maximum atomic E-state index is 13.0. The van der Waals surface area contributed by atoms with Crippen molar-refractivity contribution in [1.29, 1.82) is 0 Å². The van der Waals surface area contributed by atoms with Crippen molar-refractivity contribution in [2.24, 2.45) is 0 Å². The van der Waals surface area contributed by atoms with Gasteiger partial charge in [0.1, 0.15) is 5.75 Å². The summed E-state index contributed by atoms with van der Waals surface area (Å²) in [6.07, 6.45) is 1.54. The lowest BCUT2D eigenvalue weighted by molar-refractivity contribution is 0.411. The standard InChI is InChI=1S/C19H25NO3S/c1-6-15-9-8-10-16(7-2)19(15)20-24(21,22)18-12-11-17(23-5)13(3)14(18)4/h8-12,20H,6-7H2,1-5H3. The molecule has 130 valence electrons. The Morgan fingerprint density at radius 3 is 2.04 bits per heavy atom. The van der Waals surface area contributed by atoms with Gasteiger partial charge in [0.05, 0.1) is 17.7 Å². The third kappa shape index (κ3) is 3.41. The summed E-state index contributed by atoms with van der Waals surface area (Å²) >= 11 is 0. The fourth-order valence-corrected chi connectivity index (χ4v) is 4.29. The third-order valence-corrected chi connectivity index (χ3v) is 5.93. The van der Waals surface area contributed by atoms with E-state index in [9.17, 15) is 8.42 Å². The van der Waals surface area contributed by atoms with Crippen LogP contribution in [-0.2, 0) is 22.9 Å². The van der Waals surface area contributed by atoms with E-state index in [2.05, 4.69) is 4.72 Å². The van der Waals surface area contributed by atoms with Gasteiger partial charge in [-0.05, 0) is 61.1 Å². The van der Waals surface area contributed by atoms with E-state index in [1.807, 2.05) is 39.0 Å². The van der Waals surface area contributed by atoms with E-state index in [0.29, 0.717) is 17.0 Å². The van der Waals surface area contributed by atoms with Gasteiger partial charge in [-0.25, -0.2) is 8.42 Å². The van der Waals surface area contributed by atoms with E-state index in [0.717, 1.165) is 29.5 Å². The lowest BCUT2D eigenvalue weighted by Crippen LogP contribution is -2.17. The summed E-state index contributed by atoms with van der Waals surface area (Å²) in [5, 5.41) is 0. The highest BCUT2D eigenvalue weighted by molar-refractivity contribution is 7.92. The Morgan fingerprint density at radius 2 is 1.54 bits per heavy atom. The quantitative estimate of drug-likeness (QED) is 0.850. The van der Waals surface area contributed by atoms with Crippen LogP contribution in [0.4, 0.5) is 5.69 Å². The number of para-hydroxylation sites is 1. The van der Waals surface area contributed by atoms with E-state index < -0.39 is 10.0 Å². The molecule has 0 saturated carbocycles. The van der Waals surface area contributed by atoms with Crippen LogP contribution in [0.5, 0.6) is 5.75 Å². The number of rotatable bonds is 6. The highest BCUT2D eigenvalue weighted by atomic mass is 32.2. The Labute approximate surface area is 144 Å². The zero-order valence-electron chi connectivity index (χ0n) is 14.9. The minimum Gasteiger partial charge on any atom is -0.496 e. The molecule has 0 atom stereocenters. The summed E-state index contributed by atoms with van der Waals surface area (Å²) in [6, 6.07) is 9.19. The predicted octanol–water partition coefficient (Wildman–Crippen LogP) is 4.24. The summed E-state index contributed by atoms with van der Waals surface area (Å²) < 4.78 is 34.0. The normalized spacial score (nSPS) is 11.4. The molecule has 0 aliphatic rings. The number of anilines is 1. The van der Waals surface area contributed by atoms with Gasteiger partial charge in [0, 0.05) is 0 Å². The van der Waals surface area contributed by atoms with Crippen LogP contribution in [0.1, 0.15) is 36.1 Å². The molecule has 0 aromatic heterocycles. The molecule has 2 rings (SSSR count). The number of aryl methyl sites for hydroxylation is 2. The molecule has 0 aliphatic carbocycles. The van der Waals surface area contributed by atoms with Crippen molar-refractivity contribution in [1.82, 2.24) is 0 Å². The molecule has 0 spiro atoms. The summed E-state index contributed by atoms with van der Waals surface area (Å²) in [4.78, 5) is 0.286. The number of nitrogens with one attached hydrogen (secondary N) is 1. The number of benzene rings is 2. The number of sulfonamides is 1. The first-order chi connectivity index (χ1) is 11.4. The van der Waals surface area contributed by atoms with Crippen molar-refractivity contribution in [3.8, 4) is 5.75 Å². The van der Waals surface area contributed by atoms with Gasteiger partial charge in [-0.1, -0.05) is 32.0 Å². The Hall–Kier alpha value is -2.01. The second-order valence-corrected chi connectivity index (χ2v) is 7.43. The first kappa shape index (κ1) is 18.3. The van der Waals surface area contributed by atoms with Crippen LogP contribution < -0.4 is 9.46 Å². The van der Waals surface area contributed by atoms with Gasteiger partial charge in [-0.15, -0.1) is 0 Å². The molecule has 24 heavy (non-hydrogen) atoms. The van der Waals surface area contributed by atoms with Crippen molar-refractivity contribution in [2.45, 2.75) is 45.4 Å². The molecule has 0 bridgehead atoms. The SMILES string of the molecule is CCc1cccc(CC)c1NS(=O)(=O)c1ccc(OC)c(C)c1C. The van der Waals surface area contributed by atoms with Crippen molar-refractivity contribution in [3.63, 3.8) is 0 Å². The zero-order chi connectivity index (χ0) is 17.9. The average Bonchev–Trinajstić information content (AvgIpc) is 2.56. The molecular weight excluding hydrogens is 322 g/mol. The molecule has 0 saturated heterocycles. The van der Waals surface area contributed by atoms with Crippen LogP contribution in [0.25, 0.3) is 0 Å². The molecule has 0 radical (unpaired) electrons. The van der Waals surface area contributed by atoms with Crippen LogP contribution in [0.15, 0.2) is 35.2 Å². The number of methoxy groups -OCH3 is 1. The molecule has 2 aromatic carbocycles. The van der Waals surface area contributed by atoms with E-state index in [1.165, 1.54) is 0 Å². The van der Waals surface area contributed by atoms with Crippen LogP contribution in [0, 0.1) is 13.8 Å². The van der Waals surface area contributed by atoms with E-state index in [-0.39, 0.29) is 4.90 Å². The Kier molecular flexibility index (Phi) is 5.54. The highest BCUT2D eigenvalue weighted by Gasteiger charge is 2.21. The van der Waals surface area contributed by atoms with Crippen LogP contribution in [0.2, 0.25) is 0 Å². The maximum absolute atomic E-state index is 13.0. The van der Waals surface area contributed by atoms with Crippen molar-refractivity contribution in [3.05, 3.63) is 52.6 Å². The number of ether oxygens (including phenoxy) is 1. The minimum atomic E-state index is -3.66. The Morgan fingerprint density at radius 1 is 0.958 bits per heavy atom. The van der Waals surface area contributed by atoms with Crippen molar-refractivity contribution < 1.29 is 13.2 Å². The fraction of sp³-hybridized carbons (Fsp3) is 0.368. The molecule has 0 fully saturated rings. The molecule has 0 heterocycles. The molecule has 5 heteroatoms.